The molecule has 0 aliphatic carbocycles. The van der Waals surface area contributed by atoms with Gasteiger partial charge in [-0.05, 0) is 42.3 Å². The normalized spacial score (nSPS) is 14.0. The lowest BCUT2D eigenvalue weighted by Gasteiger charge is -2.24. The summed E-state index contributed by atoms with van der Waals surface area (Å²) in [5, 5.41) is 10.6. The van der Waals surface area contributed by atoms with Crippen molar-refractivity contribution in [3.63, 3.8) is 0 Å². The molecular formula is C28H23N7S. The van der Waals surface area contributed by atoms with Gasteiger partial charge in [0.1, 0.15) is 22.5 Å². The molecule has 0 spiro atoms. The maximum Gasteiger partial charge on any atom is 0.164 e. The van der Waals surface area contributed by atoms with E-state index in [2.05, 4.69) is 56.2 Å². The van der Waals surface area contributed by atoms with E-state index in [1.807, 2.05) is 36.5 Å². The summed E-state index contributed by atoms with van der Waals surface area (Å²) in [7, 11) is 0. The summed E-state index contributed by atoms with van der Waals surface area (Å²) in [5.41, 5.74) is 2.69. The van der Waals surface area contributed by atoms with Crippen LogP contribution in [0.1, 0.15) is 12.0 Å². The van der Waals surface area contributed by atoms with Crippen LogP contribution < -0.4 is 9.80 Å². The third kappa shape index (κ3) is 4.25. The van der Waals surface area contributed by atoms with Crippen LogP contribution in [0.4, 0.5) is 11.6 Å². The maximum atomic E-state index is 9.55. The van der Waals surface area contributed by atoms with Gasteiger partial charge in [0, 0.05) is 55.2 Å². The van der Waals surface area contributed by atoms with Gasteiger partial charge in [0.05, 0.1) is 10.9 Å². The van der Waals surface area contributed by atoms with Crippen LogP contribution in [-0.2, 0) is 0 Å². The van der Waals surface area contributed by atoms with Gasteiger partial charge in [0.15, 0.2) is 5.82 Å². The molecule has 1 fully saturated rings. The molecule has 1 saturated heterocycles. The summed E-state index contributed by atoms with van der Waals surface area (Å²) in [4.78, 5) is 25.5. The van der Waals surface area contributed by atoms with Gasteiger partial charge in [-0.15, -0.1) is 11.3 Å². The number of nitrogens with zero attached hydrogens (tertiary/aromatic N) is 7. The van der Waals surface area contributed by atoms with Gasteiger partial charge in [0.25, 0.3) is 0 Å². The van der Waals surface area contributed by atoms with E-state index in [4.69, 9.17) is 9.97 Å². The number of pyridine rings is 2. The van der Waals surface area contributed by atoms with Crippen LogP contribution in [0.5, 0.6) is 0 Å². The summed E-state index contributed by atoms with van der Waals surface area (Å²) in [5.74, 6) is 2.39. The average molecular weight is 490 g/mol. The van der Waals surface area contributed by atoms with Gasteiger partial charge in [0.2, 0.25) is 0 Å². The number of hydrogen-bond donors (Lipinski definition) is 0. The Bertz CT molecular complexity index is 1540. The first-order chi connectivity index (χ1) is 17.8. The molecule has 0 saturated carbocycles. The molecule has 0 N–H and O–H groups in total. The Morgan fingerprint density at radius 1 is 0.806 bits per heavy atom. The van der Waals surface area contributed by atoms with Gasteiger partial charge >= 0.3 is 0 Å². The number of nitriles is 1. The van der Waals surface area contributed by atoms with Crippen LogP contribution in [0.25, 0.3) is 32.0 Å². The minimum Gasteiger partial charge on any atom is -0.354 e. The molecule has 4 aromatic heterocycles. The van der Waals surface area contributed by atoms with Crippen LogP contribution in [0.3, 0.4) is 0 Å². The van der Waals surface area contributed by atoms with Gasteiger partial charge in [-0.1, -0.05) is 30.3 Å². The quantitative estimate of drug-likeness (QED) is 0.334. The van der Waals surface area contributed by atoms with E-state index < -0.39 is 0 Å². The summed E-state index contributed by atoms with van der Waals surface area (Å²) in [6.07, 6.45) is 6.26. The smallest absolute Gasteiger partial charge is 0.164 e. The molecule has 8 heteroatoms. The highest BCUT2D eigenvalue weighted by Gasteiger charge is 2.23. The van der Waals surface area contributed by atoms with Crippen LogP contribution in [0.15, 0.2) is 79.3 Å². The van der Waals surface area contributed by atoms with E-state index >= 15 is 0 Å². The molecule has 0 amide bonds. The Kier molecular flexibility index (Phi) is 5.98. The molecule has 0 atom stereocenters. The van der Waals surface area contributed by atoms with Crippen LogP contribution in [0.2, 0.25) is 0 Å². The molecule has 36 heavy (non-hydrogen) atoms. The third-order valence-electron chi connectivity index (χ3n) is 6.35. The second-order valence-electron chi connectivity index (χ2n) is 8.62. The van der Waals surface area contributed by atoms with E-state index in [0.717, 1.165) is 60.0 Å². The Morgan fingerprint density at radius 3 is 2.36 bits per heavy atom. The molecule has 5 heterocycles. The van der Waals surface area contributed by atoms with Crippen molar-refractivity contribution in [3.05, 3.63) is 84.8 Å². The van der Waals surface area contributed by atoms with E-state index in [0.29, 0.717) is 11.4 Å². The molecule has 5 aromatic rings. The molecule has 176 valence electrons. The van der Waals surface area contributed by atoms with E-state index in [1.165, 1.54) is 10.4 Å². The molecule has 1 aliphatic rings. The lowest BCUT2D eigenvalue weighted by Crippen LogP contribution is -2.32. The molecule has 0 bridgehead atoms. The molecule has 0 radical (unpaired) electrons. The summed E-state index contributed by atoms with van der Waals surface area (Å²) in [6, 6.07) is 22.5. The molecular weight excluding hydrogens is 466 g/mol. The third-order valence-corrected chi connectivity index (χ3v) is 7.43. The average Bonchev–Trinajstić information content (AvgIpc) is 3.23. The van der Waals surface area contributed by atoms with Gasteiger partial charge in [-0.3, -0.25) is 4.98 Å². The zero-order chi connectivity index (χ0) is 24.3. The van der Waals surface area contributed by atoms with Crippen molar-refractivity contribution in [1.82, 2.24) is 19.9 Å². The molecule has 1 aliphatic heterocycles. The van der Waals surface area contributed by atoms with E-state index in [9.17, 15) is 5.26 Å². The van der Waals surface area contributed by atoms with Gasteiger partial charge < -0.3 is 9.80 Å². The standard InChI is InChI=1S/C28H23N7S/c29-18-21-9-5-12-31-26(21)34-13-6-14-35(16-15-34)27-23-17-24(20-7-2-1-3-8-20)36-28(23)33-25(32-27)22-10-4-11-30-19-22/h1-5,7-12,17,19H,6,13-16H2. The monoisotopic (exact) mass is 489 g/mol. The maximum absolute atomic E-state index is 9.55. The molecule has 0 unspecified atom stereocenters. The highest BCUT2D eigenvalue weighted by atomic mass is 32.1. The van der Waals surface area contributed by atoms with E-state index in [-0.39, 0.29) is 0 Å². The zero-order valence-corrected chi connectivity index (χ0v) is 20.4. The largest absolute Gasteiger partial charge is 0.354 e. The second kappa shape index (κ2) is 9.72. The van der Waals surface area contributed by atoms with Crippen molar-refractivity contribution >= 4 is 33.2 Å². The molecule has 7 nitrogen and oxygen atoms in total. The lowest BCUT2D eigenvalue weighted by atomic mass is 10.2. The fraction of sp³-hybridized carbons (Fsp3) is 0.179. The fourth-order valence-electron chi connectivity index (χ4n) is 4.59. The van der Waals surface area contributed by atoms with Crippen molar-refractivity contribution in [3.8, 4) is 27.9 Å². The summed E-state index contributed by atoms with van der Waals surface area (Å²) < 4.78 is 0. The van der Waals surface area contributed by atoms with Crippen molar-refractivity contribution < 1.29 is 0 Å². The first kappa shape index (κ1) is 22.1. The van der Waals surface area contributed by atoms with Gasteiger partial charge in [-0.25, -0.2) is 15.0 Å². The Hall–Kier alpha value is -4.35. The number of rotatable bonds is 4. The topological polar surface area (TPSA) is 81.8 Å². The first-order valence-corrected chi connectivity index (χ1v) is 12.7. The zero-order valence-electron chi connectivity index (χ0n) is 19.6. The number of hydrogen-bond acceptors (Lipinski definition) is 8. The number of benzene rings is 1. The molecule has 1 aromatic carbocycles. The van der Waals surface area contributed by atoms with Crippen molar-refractivity contribution in [1.29, 1.82) is 5.26 Å². The predicted molar refractivity (Wildman–Crippen MR) is 144 cm³/mol. The summed E-state index contributed by atoms with van der Waals surface area (Å²) >= 11 is 1.69. The highest BCUT2D eigenvalue weighted by molar-refractivity contribution is 7.22. The first-order valence-electron chi connectivity index (χ1n) is 11.9. The van der Waals surface area contributed by atoms with Crippen LogP contribution in [-0.4, -0.2) is 46.1 Å². The molecule has 6 rings (SSSR count). The fourth-order valence-corrected chi connectivity index (χ4v) is 5.62. The SMILES string of the molecule is N#Cc1cccnc1N1CCCN(c2nc(-c3cccnc3)nc3sc(-c4ccccc4)cc23)CC1. The van der Waals surface area contributed by atoms with Crippen molar-refractivity contribution in [2.24, 2.45) is 0 Å². The Balaban J connectivity index is 1.40. The Morgan fingerprint density at radius 2 is 1.58 bits per heavy atom. The minimum atomic E-state index is 0.611. The number of anilines is 2. The van der Waals surface area contributed by atoms with Crippen molar-refractivity contribution in [2.45, 2.75) is 6.42 Å². The summed E-state index contributed by atoms with van der Waals surface area (Å²) in [6.45, 7) is 3.23. The van der Waals surface area contributed by atoms with Gasteiger partial charge in [-0.2, -0.15) is 5.26 Å². The minimum absolute atomic E-state index is 0.611. The highest BCUT2D eigenvalue weighted by Crippen LogP contribution is 2.38. The van der Waals surface area contributed by atoms with Crippen LogP contribution >= 0.6 is 11.3 Å². The number of fused-ring (bicyclic) bond motifs is 1. The number of thiophene rings is 1. The van der Waals surface area contributed by atoms with Crippen LogP contribution in [0, 0.1) is 11.3 Å². The van der Waals surface area contributed by atoms with Crippen molar-refractivity contribution in [2.75, 3.05) is 36.0 Å². The van der Waals surface area contributed by atoms with E-state index in [1.54, 1.807) is 23.7 Å². The predicted octanol–water partition coefficient (Wildman–Crippen LogP) is 5.40. The second-order valence-corrected chi connectivity index (χ2v) is 9.65. The number of aromatic nitrogens is 4. The lowest BCUT2D eigenvalue weighted by molar-refractivity contribution is 0.794. The Labute approximate surface area is 213 Å².